The zero-order valence-corrected chi connectivity index (χ0v) is 14.6. The molecule has 0 aromatic carbocycles. The van der Waals surface area contributed by atoms with Crippen molar-refractivity contribution in [2.75, 3.05) is 0 Å². The summed E-state index contributed by atoms with van der Waals surface area (Å²) in [5, 5.41) is 0. The molecular formula is C21H35B. The lowest BCUT2D eigenvalue weighted by atomic mass is 9.28. The zero-order chi connectivity index (χ0) is 14.8. The van der Waals surface area contributed by atoms with Crippen molar-refractivity contribution in [1.82, 2.24) is 0 Å². The van der Waals surface area contributed by atoms with Crippen molar-refractivity contribution in [3.63, 3.8) is 0 Å². The van der Waals surface area contributed by atoms with Gasteiger partial charge in [0.1, 0.15) is 6.71 Å². The maximum Gasteiger partial charge on any atom is 0.146 e. The first-order valence-electron chi connectivity index (χ1n) is 10.6. The van der Waals surface area contributed by atoms with Crippen molar-refractivity contribution >= 4 is 6.71 Å². The number of allylic oxidation sites excluding steroid dienone is 2. The van der Waals surface area contributed by atoms with Crippen molar-refractivity contribution in [3.05, 3.63) is 11.6 Å². The second kappa shape index (κ2) is 7.14. The summed E-state index contributed by atoms with van der Waals surface area (Å²) in [6.07, 6.45) is 25.7. The average molecular weight is 298 g/mol. The molecule has 4 rings (SSSR count). The average Bonchev–Trinajstić information content (AvgIpc) is 3.20. The molecule has 0 radical (unpaired) electrons. The van der Waals surface area contributed by atoms with Gasteiger partial charge in [-0.05, 0) is 37.5 Å². The van der Waals surface area contributed by atoms with E-state index in [1.165, 1.54) is 64.2 Å². The van der Waals surface area contributed by atoms with E-state index in [-0.39, 0.29) is 0 Å². The predicted molar refractivity (Wildman–Crippen MR) is 97.8 cm³/mol. The molecule has 1 heteroatoms. The summed E-state index contributed by atoms with van der Waals surface area (Å²) in [5.41, 5.74) is 1.90. The van der Waals surface area contributed by atoms with Crippen molar-refractivity contribution in [2.24, 2.45) is 11.8 Å². The minimum absolute atomic E-state index is 0.989. The molecule has 0 amide bonds. The lowest BCUT2D eigenvalue weighted by Gasteiger charge is -2.36. The van der Waals surface area contributed by atoms with Crippen LogP contribution in [0.4, 0.5) is 0 Å². The van der Waals surface area contributed by atoms with Gasteiger partial charge in [-0.3, -0.25) is 0 Å². The summed E-state index contributed by atoms with van der Waals surface area (Å²) in [4.78, 5) is 0. The predicted octanol–water partition coefficient (Wildman–Crippen LogP) is 6.90. The van der Waals surface area contributed by atoms with Crippen LogP contribution >= 0.6 is 0 Å². The molecule has 0 saturated heterocycles. The molecule has 4 aliphatic rings. The van der Waals surface area contributed by atoms with Crippen LogP contribution in [0.2, 0.25) is 18.0 Å². The van der Waals surface area contributed by atoms with Gasteiger partial charge in [0.2, 0.25) is 0 Å². The molecule has 0 nitrogen and oxygen atoms in total. The molecule has 0 aromatic heterocycles. The number of rotatable bonds is 5. The van der Waals surface area contributed by atoms with Gasteiger partial charge in [-0.1, -0.05) is 93.8 Å². The van der Waals surface area contributed by atoms with Gasteiger partial charge < -0.3 is 0 Å². The van der Waals surface area contributed by atoms with Crippen molar-refractivity contribution in [1.29, 1.82) is 0 Å². The molecule has 0 aliphatic heterocycles. The van der Waals surface area contributed by atoms with E-state index in [1.54, 1.807) is 32.0 Å². The summed E-state index contributed by atoms with van der Waals surface area (Å²) in [6, 6.07) is 0. The summed E-state index contributed by atoms with van der Waals surface area (Å²) >= 11 is 0. The molecule has 0 heterocycles. The fourth-order valence-corrected chi connectivity index (χ4v) is 6.55. The zero-order valence-electron chi connectivity index (χ0n) is 14.6. The summed E-state index contributed by atoms with van der Waals surface area (Å²) < 4.78 is 0. The minimum Gasteiger partial charge on any atom is -0.0819 e. The summed E-state index contributed by atoms with van der Waals surface area (Å²) in [5.74, 6) is 4.19. The molecule has 2 atom stereocenters. The largest absolute Gasteiger partial charge is 0.146 e. The number of hydrogen-bond acceptors (Lipinski definition) is 0. The molecular weight excluding hydrogens is 263 g/mol. The lowest BCUT2D eigenvalue weighted by Crippen LogP contribution is -2.30. The third-order valence-corrected chi connectivity index (χ3v) is 7.72. The Morgan fingerprint density at radius 1 is 0.773 bits per heavy atom. The van der Waals surface area contributed by atoms with Crippen LogP contribution in [-0.4, -0.2) is 6.71 Å². The van der Waals surface area contributed by atoms with Crippen molar-refractivity contribution < 1.29 is 0 Å². The Hall–Kier alpha value is -0.195. The Labute approximate surface area is 138 Å². The van der Waals surface area contributed by atoms with E-state index in [9.17, 15) is 0 Å². The fraction of sp³-hybridized carbons (Fsp3) is 0.905. The molecule has 0 aromatic rings. The minimum atomic E-state index is 0.989. The van der Waals surface area contributed by atoms with Gasteiger partial charge in [0.15, 0.2) is 0 Å². The highest BCUT2D eigenvalue weighted by Crippen LogP contribution is 2.48. The van der Waals surface area contributed by atoms with Gasteiger partial charge in [-0.25, -0.2) is 0 Å². The molecule has 4 aliphatic carbocycles. The summed E-state index contributed by atoms with van der Waals surface area (Å²) in [7, 11) is 0. The second-order valence-corrected chi connectivity index (χ2v) is 9.01. The standard InChI is InChI=1S/C21H35B/c1-3-7-20(8-4-1)22(21-9-5-2-6-10-21)14-13-19-16-17-11-12-18(19)15-17/h16-18,20-21H,1-15H2. The van der Waals surface area contributed by atoms with Crippen LogP contribution in [0.5, 0.6) is 0 Å². The second-order valence-electron chi connectivity index (χ2n) is 9.01. The van der Waals surface area contributed by atoms with E-state index in [0.717, 1.165) is 30.2 Å². The quantitative estimate of drug-likeness (QED) is 0.382. The van der Waals surface area contributed by atoms with Crippen LogP contribution < -0.4 is 0 Å². The topological polar surface area (TPSA) is 0 Å². The molecule has 2 bridgehead atoms. The first kappa shape index (κ1) is 15.3. The van der Waals surface area contributed by atoms with Gasteiger partial charge in [0.05, 0.1) is 0 Å². The Morgan fingerprint density at radius 3 is 1.91 bits per heavy atom. The van der Waals surface area contributed by atoms with E-state index in [0.29, 0.717) is 0 Å². The molecule has 2 unspecified atom stereocenters. The van der Waals surface area contributed by atoms with Crippen LogP contribution in [-0.2, 0) is 0 Å². The van der Waals surface area contributed by atoms with Gasteiger partial charge >= 0.3 is 0 Å². The summed E-state index contributed by atoms with van der Waals surface area (Å²) in [6.45, 7) is 1.08. The van der Waals surface area contributed by atoms with Crippen molar-refractivity contribution in [3.8, 4) is 0 Å². The van der Waals surface area contributed by atoms with Gasteiger partial charge in [-0.15, -0.1) is 0 Å². The molecule has 3 saturated carbocycles. The van der Waals surface area contributed by atoms with Gasteiger partial charge in [0.25, 0.3) is 0 Å². The third-order valence-electron chi connectivity index (χ3n) is 7.72. The smallest absolute Gasteiger partial charge is 0.0819 e. The maximum atomic E-state index is 2.70. The molecule has 22 heavy (non-hydrogen) atoms. The SMILES string of the molecule is C1=C(CCB(C2CCCCC2)C2CCCCC2)C2CCC1C2. The number of fused-ring (bicyclic) bond motifs is 2. The van der Waals surface area contributed by atoms with E-state index in [2.05, 4.69) is 6.08 Å². The first-order valence-corrected chi connectivity index (χ1v) is 10.6. The van der Waals surface area contributed by atoms with Crippen LogP contribution in [0, 0.1) is 11.8 Å². The van der Waals surface area contributed by atoms with Gasteiger partial charge in [0, 0.05) is 0 Å². The Bertz CT molecular complexity index is 369. The van der Waals surface area contributed by atoms with Crippen LogP contribution in [0.3, 0.4) is 0 Å². The third kappa shape index (κ3) is 3.34. The fourth-order valence-electron chi connectivity index (χ4n) is 6.55. The first-order chi connectivity index (χ1) is 10.9. The normalized spacial score (nSPS) is 33.2. The van der Waals surface area contributed by atoms with Gasteiger partial charge in [-0.2, -0.15) is 0 Å². The lowest BCUT2D eigenvalue weighted by molar-refractivity contribution is 0.459. The van der Waals surface area contributed by atoms with E-state index in [4.69, 9.17) is 0 Å². The maximum absolute atomic E-state index is 2.70. The Balaban J connectivity index is 1.39. The van der Waals surface area contributed by atoms with E-state index in [1.807, 2.05) is 5.57 Å². The van der Waals surface area contributed by atoms with Crippen LogP contribution in [0.15, 0.2) is 11.6 Å². The van der Waals surface area contributed by atoms with E-state index >= 15 is 0 Å². The molecule has 3 fully saturated rings. The highest BCUT2D eigenvalue weighted by Gasteiger charge is 2.36. The van der Waals surface area contributed by atoms with E-state index < -0.39 is 0 Å². The van der Waals surface area contributed by atoms with Crippen LogP contribution in [0.1, 0.15) is 89.9 Å². The highest BCUT2D eigenvalue weighted by molar-refractivity contribution is 6.62. The highest BCUT2D eigenvalue weighted by atomic mass is 14.4. The Kier molecular flexibility index (Phi) is 4.98. The monoisotopic (exact) mass is 298 g/mol. The molecule has 0 spiro atoms. The van der Waals surface area contributed by atoms with Crippen molar-refractivity contribution in [2.45, 2.75) is 108 Å². The number of hydrogen-bond donors (Lipinski definition) is 0. The molecule has 0 N–H and O–H groups in total. The Morgan fingerprint density at radius 2 is 1.41 bits per heavy atom. The van der Waals surface area contributed by atoms with Crippen LogP contribution in [0.25, 0.3) is 0 Å². The molecule has 122 valence electrons.